The zero-order valence-corrected chi connectivity index (χ0v) is 15.9. The van der Waals surface area contributed by atoms with Crippen molar-refractivity contribution in [3.05, 3.63) is 29.3 Å². The molecule has 1 aromatic rings. The van der Waals surface area contributed by atoms with Gasteiger partial charge in [0.2, 0.25) is 5.91 Å². The number of aliphatic carboxylic acids is 1. The Kier molecular flexibility index (Phi) is 5.30. The van der Waals surface area contributed by atoms with Crippen LogP contribution in [-0.2, 0) is 19.4 Å². The average molecular weight is 400 g/mol. The number of benzene rings is 1. The van der Waals surface area contributed by atoms with Crippen molar-refractivity contribution >= 4 is 33.3 Å². The highest BCUT2D eigenvalue weighted by atomic mass is 35.5. The summed E-state index contributed by atoms with van der Waals surface area (Å²) in [5.74, 6) is -1.85. The van der Waals surface area contributed by atoms with Gasteiger partial charge in [-0.15, -0.1) is 0 Å². The van der Waals surface area contributed by atoms with Gasteiger partial charge in [-0.3, -0.25) is 9.59 Å². The minimum Gasteiger partial charge on any atom is -0.481 e. The Bertz CT molecular complexity index is 799. The Morgan fingerprint density at radius 2 is 1.73 bits per heavy atom. The van der Waals surface area contributed by atoms with Crippen molar-refractivity contribution in [3.8, 4) is 0 Å². The van der Waals surface area contributed by atoms with Crippen molar-refractivity contribution in [1.82, 2.24) is 5.32 Å². The number of rotatable bonds is 5. The van der Waals surface area contributed by atoms with Crippen molar-refractivity contribution in [1.29, 1.82) is 0 Å². The summed E-state index contributed by atoms with van der Waals surface area (Å²) in [7, 11) is -3.87. The second-order valence-corrected chi connectivity index (χ2v) is 9.87. The molecule has 2 fully saturated rings. The predicted molar refractivity (Wildman–Crippen MR) is 96.7 cm³/mol. The summed E-state index contributed by atoms with van der Waals surface area (Å²) in [5.41, 5.74) is 0. The zero-order chi connectivity index (χ0) is 18.9. The Morgan fingerprint density at radius 1 is 1.12 bits per heavy atom. The maximum Gasteiger partial charge on any atom is 0.306 e. The molecule has 26 heavy (non-hydrogen) atoms. The summed E-state index contributed by atoms with van der Waals surface area (Å²) in [6.07, 6.45) is 3.29. The zero-order valence-electron chi connectivity index (χ0n) is 14.3. The molecule has 0 spiro atoms. The molecule has 3 rings (SSSR count). The number of carbonyl (C=O) groups excluding carboxylic acids is 1. The topological polar surface area (TPSA) is 101 Å². The van der Waals surface area contributed by atoms with Gasteiger partial charge in [-0.05, 0) is 56.4 Å². The van der Waals surface area contributed by atoms with Gasteiger partial charge in [0.15, 0.2) is 14.6 Å². The molecule has 0 aromatic heterocycles. The monoisotopic (exact) mass is 399 g/mol. The number of hydrogen-bond donors (Lipinski definition) is 2. The minimum absolute atomic E-state index is 0.0915. The molecule has 2 N–H and O–H groups in total. The van der Waals surface area contributed by atoms with Crippen LogP contribution >= 0.6 is 11.6 Å². The van der Waals surface area contributed by atoms with E-state index in [-0.39, 0.29) is 23.8 Å². The number of sulfone groups is 1. The van der Waals surface area contributed by atoms with Crippen LogP contribution in [0.5, 0.6) is 0 Å². The largest absolute Gasteiger partial charge is 0.481 e. The van der Waals surface area contributed by atoms with Crippen LogP contribution in [-0.4, -0.2) is 36.2 Å². The molecule has 0 aliphatic heterocycles. The van der Waals surface area contributed by atoms with Gasteiger partial charge in [0.1, 0.15) is 0 Å². The first kappa shape index (κ1) is 19.2. The van der Waals surface area contributed by atoms with Crippen LogP contribution in [0.25, 0.3) is 0 Å². The summed E-state index contributed by atoms with van der Waals surface area (Å²) in [4.78, 5) is 24.2. The van der Waals surface area contributed by atoms with Crippen LogP contribution < -0.4 is 5.32 Å². The Labute approximate surface area is 157 Å². The SMILES string of the molecule is O=C(O)[C@H]1CC[C@@H](NC(=O)C2(S(=O)(=O)c3ccc(Cl)cc3)CCCC2)C1. The van der Waals surface area contributed by atoms with Crippen molar-refractivity contribution in [2.45, 2.75) is 60.6 Å². The second-order valence-electron chi connectivity index (χ2n) is 7.18. The number of carbonyl (C=O) groups is 2. The third kappa shape index (κ3) is 3.34. The van der Waals surface area contributed by atoms with Crippen LogP contribution in [0.15, 0.2) is 29.2 Å². The lowest BCUT2D eigenvalue weighted by Gasteiger charge is -2.29. The van der Waals surface area contributed by atoms with E-state index in [0.717, 1.165) is 0 Å². The van der Waals surface area contributed by atoms with Crippen LogP contribution in [0, 0.1) is 5.92 Å². The highest BCUT2D eigenvalue weighted by Gasteiger charge is 2.53. The molecule has 0 radical (unpaired) electrons. The molecule has 2 aliphatic carbocycles. The van der Waals surface area contributed by atoms with E-state index in [0.29, 0.717) is 37.1 Å². The van der Waals surface area contributed by atoms with Crippen molar-refractivity contribution in [3.63, 3.8) is 0 Å². The highest BCUT2D eigenvalue weighted by molar-refractivity contribution is 7.93. The van der Waals surface area contributed by atoms with Crippen LogP contribution in [0.1, 0.15) is 44.9 Å². The molecule has 2 atom stereocenters. The van der Waals surface area contributed by atoms with E-state index in [1.54, 1.807) is 0 Å². The number of carboxylic acids is 1. The van der Waals surface area contributed by atoms with Crippen molar-refractivity contribution in [2.24, 2.45) is 5.92 Å². The van der Waals surface area contributed by atoms with E-state index in [2.05, 4.69) is 5.32 Å². The first-order valence-corrected chi connectivity index (χ1v) is 10.7. The molecule has 2 saturated carbocycles. The number of amides is 1. The summed E-state index contributed by atoms with van der Waals surface area (Å²) >= 11 is 5.85. The normalized spacial score (nSPS) is 25.1. The fraction of sp³-hybridized carbons (Fsp3) is 0.556. The van der Waals surface area contributed by atoms with Crippen LogP contribution in [0.4, 0.5) is 0 Å². The number of nitrogens with one attached hydrogen (secondary N) is 1. The van der Waals surface area contributed by atoms with E-state index in [1.807, 2.05) is 0 Å². The molecule has 0 bridgehead atoms. The molecular formula is C18H22ClNO5S. The Hall–Kier alpha value is -1.60. The van der Waals surface area contributed by atoms with Crippen LogP contribution in [0.2, 0.25) is 5.02 Å². The molecule has 6 nitrogen and oxygen atoms in total. The Balaban J connectivity index is 1.84. The molecular weight excluding hydrogens is 378 g/mol. The third-order valence-electron chi connectivity index (χ3n) is 5.58. The van der Waals surface area contributed by atoms with Gasteiger partial charge in [-0.25, -0.2) is 8.42 Å². The molecule has 1 aromatic carbocycles. The van der Waals surface area contributed by atoms with Gasteiger partial charge in [0.05, 0.1) is 10.8 Å². The number of halogens is 1. The van der Waals surface area contributed by atoms with E-state index in [9.17, 15) is 18.0 Å². The van der Waals surface area contributed by atoms with Gasteiger partial charge in [0.25, 0.3) is 0 Å². The van der Waals surface area contributed by atoms with Gasteiger partial charge in [-0.2, -0.15) is 0 Å². The first-order valence-electron chi connectivity index (χ1n) is 8.80. The standard InChI is InChI=1S/C18H22ClNO5S/c19-13-4-7-15(8-5-13)26(24,25)18(9-1-2-10-18)17(23)20-14-6-3-12(11-14)16(21)22/h4-5,7-8,12,14H,1-3,6,9-11H2,(H,20,23)(H,21,22)/t12-,14+/m0/s1. The summed E-state index contributed by atoms with van der Waals surface area (Å²) < 4.78 is 25.0. The average Bonchev–Trinajstić information content (AvgIpc) is 3.25. The fourth-order valence-corrected chi connectivity index (χ4v) is 6.26. The van der Waals surface area contributed by atoms with Gasteiger partial charge in [-0.1, -0.05) is 24.4 Å². The van der Waals surface area contributed by atoms with E-state index >= 15 is 0 Å². The molecule has 1 amide bonds. The molecule has 2 aliphatic rings. The molecule has 8 heteroatoms. The lowest BCUT2D eigenvalue weighted by molar-refractivity contribution is -0.141. The second kappa shape index (κ2) is 7.19. The third-order valence-corrected chi connectivity index (χ3v) is 8.35. The Morgan fingerprint density at radius 3 is 2.27 bits per heavy atom. The quantitative estimate of drug-likeness (QED) is 0.792. The maximum absolute atomic E-state index is 13.3. The van der Waals surface area contributed by atoms with Crippen molar-refractivity contribution < 1.29 is 23.1 Å². The van der Waals surface area contributed by atoms with Crippen LogP contribution in [0.3, 0.4) is 0 Å². The highest BCUT2D eigenvalue weighted by Crippen LogP contribution is 2.41. The van der Waals surface area contributed by atoms with Crippen molar-refractivity contribution in [2.75, 3.05) is 0 Å². The van der Waals surface area contributed by atoms with Gasteiger partial charge in [0, 0.05) is 11.1 Å². The van der Waals surface area contributed by atoms with E-state index in [1.165, 1.54) is 24.3 Å². The summed E-state index contributed by atoms with van der Waals surface area (Å²) in [5, 5.41) is 12.4. The number of carboxylic acid groups (broad SMARTS) is 1. The van der Waals surface area contributed by atoms with E-state index in [4.69, 9.17) is 16.7 Å². The minimum atomic E-state index is -3.87. The molecule has 0 unspecified atom stereocenters. The van der Waals surface area contributed by atoms with Gasteiger partial charge >= 0.3 is 5.97 Å². The van der Waals surface area contributed by atoms with Gasteiger partial charge < -0.3 is 10.4 Å². The predicted octanol–water partition coefficient (Wildman–Crippen LogP) is 2.80. The molecule has 0 saturated heterocycles. The summed E-state index contributed by atoms with van der Waals surface area (Å²) in [6.45, 7) is 0. The van der Waals surface area contributed by atoms with E-state index < -0.39 is 32.4 Å². The first-order chi connectivity index (χ1) is 12.3. The maximum atomic E-state index is 13.3. The smallest absolute Gasteiger partial charge is 0.306 e. The molecule has 0 heterocycles. The lowest BCUT2D eigenvalue weighted by atomic mass is 10.0. The molecule has 142 valence electrons. The summed E-state index contributed by atoms with van der Waals surface area (Å²) in [6, 6.07) is 5.58. The fourth-order valence-electron chi connectivity index (χ4n) is 4.06. The lowest BCUT2D eigenvalue weighted by Crippen LogP contribution is -2.53. The number of hydrogen-bond acceptors (Lipinski definition) is 4.